The lowest BCUT2D eigenvalue weighted by molar-refractivity contribution is -0.133. The first-order valence-corrected chi connectivity index (χ1v) is 9.35. The summed E-state index contributed by atoms with van der Waals surface area (Å²) in [6, 6.07) is 8.19. The molecule has 4 heteroatoms. The van der Waals surface area contributed by atoms with Crippen LogP contribution in [0.1, 0.15) is 60.1 Å². The van der Waals surface area contributed by atoms with Gasteiger partial charge in [-0.1, -0.05) is 45.0 Å². The molecule has 0 aliphatic carbocycles. The molecule has 0 bridgehead atoms. The highest BCUT2D eigenvalue weighted by Gasteiger charge is 2.37. The van der Waals surface area contributed by atoms with Crippen LogP contribution in [0.4, 0.5) is 0 Å². The average molecular weight is 368 g/mol. The van der Waals surface area contributed by atoms with Gasteiger partial charge in [0.15, 0.2) is 0 Å². The molecule has 27 heavy (non-hydrogen) atoms. The summed E-state index contributed by atoms with van der Waals surface area (Å²) >= 11 is 0. The second-order valence-electron chi connectivity index (χ2n) is 8.37. The van der Waals surface area contributed by atoms with Crippen molar-refractivity contribution in [2.24, 2.45) is 0 Å². The summed E-state index contributed by atoms with van der Waals surface area (Å²) in [5.41, 5.74) is 5.92. The summed E-state index contributed by atoms with van der Waals surface area (Å²) in [7, 11) is 0. The number of aryl methyl sites for hydroxylation is 3. The minimum Gasteiger partial charge on any atom is -0.491 e. The quantitative estimate of drug-likeness (QED) is 0.645. The third-order valence-corrected chi connectivity index (χ3v) is 5.07. The number of ether oxygens (including phenoxy) is 2. The van der Waals surface area contributed by atoms with E-state index in [4.69, 9.17) is 14.6 Å². The van der Waals surface area contributed by atoms with E-state index in [0.29, 0.717) is 5.75 Å². The normalized spacial score (nSPS) is 16.3. The SMILES string of the molecule is Cc1cc(C2C(=O)Oc3c(C)cc(C(C)(C)C)cc32)cc(C)c1OCCO. The minimum absolute atomic E-state index is 0.0101. The van der Waals surface area contributed by atoms with Crippen molar-refractivity contribution in [3.63, 3.8) is 0 Å². The summed E-state index contributed by atoms with van der Waals surface area (Å²) in [6.45, 7) is 12.6. The average Bonchev–Trinajstić information content (AvgIpc) is 2.90. The maximum atomic E-state index is 12.7. The number of benzene rings is 2. The molecule has 1 aliphatic heterocycles. The van der Waals surface area contributed by atoms with E-state index >= 15 is 0 Å². The molecule has 0 saturated heterocycles. The van der Waals surface area contributed by atoms with Crippen LogP contribution in [0.3, 0.4) is 0 Å². The van der Waals surface area contributed by atoms with Crippen LogP contribution in [0, 0.1) is 20.8 Å². The van der Waals surface area contributed by atoms with E-state index in [1.54, 1.807) is 0 Å². The molecule has 1 N–H and O–H groups in total. The van der Waals surface area contributed by atoms with Crippen LogP contribution in [0.25, 0.3) is 0 Å². The van der Waals surface area contributed by atoms with Gasteiger partial charge in [-0.05, 0) is 54.0 Å². The Kier molecular flexibility index (Phi) is 5.04. The standard InChI is InChI=1S/C23H28O4/c1-13-9-16(10-14(2)20(13)26-8-7-24)19-18-12-17(23(4,5)6)11-15(3)21(18)27-22(19)25/h9-12,19,24H,7-8H2,1-6H3. The number of aliphatic hydroxyl groups is 1. The largest absolute Gasteiger partial charge is 0.491 e. The Bertz CT molecular complexity index is 867. The molecule has 2 aromatic carbocycles. The van der Waals surface area contributed by atoms with Crippen LogP contribution in [0.5, 0.6) is 11.5 Å². The number of hydrogen-bond acceptors (Lipinski definition) is 4. The monoisotopic (exact) mass is 368 g/mol. The molecule has 0 aromatic heterocycles. The molecule has 0 radical (unpaired) electrons. The number of fused-ring (bicyclic) bond motifs is 1. The summed E-state index contributed by atoms with van der Waals surface area (Å²) < 4.78 is 11.3. The van der Waals surface area contributed by atoms with Crippen molar-refractivity contribution in [2.75, 3.05) is 13.2 Å². The topological polar surface area (TPSA) is 55.8 Å². The summed E-state index contributed by atoms with van der Waals surface area (Å²) in [5, 5.41) is 9.01. The molecule has 144 valence electrons. The van der Waals surface area contributed by atoms with E-state index in [2.05, 4.69) is 32.9 Å². The number of esters is 1. The second kappa shape index (κ2) is 7.01. The van der Waals surface area contributed by atoms with Crippen molar-refractivity contribution < 1.29 is 19.4 Å². The van der Waals surface area contributed by atoms with Crippen molar-refractivity contribution in [3.8, 4) is 11.5 Å². The molecule has 0 saturated carbocycles. The minimum atomic E-state index is -0.426. The van der Waals surface area contributed by atoms with E-state index in [-0.39, 0.29) is 24.6 Å². The zero-order valence-corrected chi connectivity index (χ0v) is 17.0. The fourth-order valence-corrected chi connectivity index (χ4v) is 3.72. The maximum absolute atomic E-state index is 12.7. The van der Waals surface area contributed by atoms with Gasteiger partial charge in [0.25, 0.3) is 0 Å². The molecule has 1 atom stereocenters. The fraction of sp³-hybridized carbons (Fsp3) is 0.435. The molecule has 0 amide bonds. The van der Waals surface area contributed by atoms with Gasteiger partial charge in [0, 0.05) is 5.56 Å². The first-order valence-electron chi connectivity index (χ1n) is 9.35. The molecule has 1 heterocycles. The van der Waals surface area contributed by atoms with Crippen LogP contribution in [-0.2, 0) is 10.2 Å². The van der Waals surface area contributed by atoms with E-state index in [0.717, 1.165) is 33.6 Å². The molecule has 1 aliphatic rings. The lowest BCUT2D eigenvalue weighted by Gasteiger charge is -2.21. The highest BCUT2D eigenvalue weighted by molar-refractivity contribution is 5.90. The highest BCUT2D eigenvalue weighted by atomic mass is 16.5. The van der Waals surface area contributed by atoms with Crippen molar-refractivity contribution >= 4 is 5.97 Å². The molecule has 0 fully saturated rings. The van der Waals surface area contributed by atoms with E-state index in [1.807, 2.05) is 32.9 Å². The van der Waals surface area contributed by atoms with Gasteiger partial charge < -0.3 is 14.6 Å². The predicted molar refractivity (Wildman–Crippen MR) is 106 cm³/mol. The Morgan fingerprint density at radius 1 is 1.04 bits per heavy atom. The zero-order valence-electron chi connectivity index (χ0n) is 17.0. The number of rotatable bonds is 4. The van der Waals surface area contributed by atoms with Gasteiger partial charge in [-0.3, -0.25) is 4.79 Å². The van der Waals surface area contributed by atoms with Gasteiger partial charge in [-0.2, -0.15) is 0 Å². The highest BCUT2D eigenvalue weighted by Crippen LogP contribution is 2.44. The lowest BCUT2D eigenvalue weighted by Crippen LogP contribution is -2.14. The Balaban J connectivity index is 2.10. The molecule has 4 nitrogen and oxygen atoms in total. The van der Waals surface area contributed by atoms with Crippen LogP contribution in [-0.4, -0.2) is 24.3 Å². The van der Waals surface area contributed by atoms with Crippen molar-refractivity contribution in [1.29, 1.82) is 0 Å². The van der Waals surface area contributed by atoms with Crippen molar-refractivity contribution in [3.05, 3.63) is 57.6 Å². The van der Waals surface area contributed by atoms with Crippen molar-refractivity contribution in [2.45, 2.75) is 52.9 Å². The van der Waals surface area contributed by atoms with Crippen molar-refractivity contribution in [1.82, 2.24) is 0 Å². The molecule has 3 rings (SSSR count). The number of hydrogen-bond donors (Lipinski definition) is 1. The van der Waals surface area contributed by atoms with Gasteiger partial charge in [0.1, 0.15) is 24.0 Å². The molecule has 1 unspecified atom stereocenters. The second-order valence-corrected chi connectivity index (χ2v) is 8.37. The first kappa shape index (κ1) is 19.4. The molecule has 0 spiro atoms. The number of carbonyl (C=O) groups excluding carboxylic acids is 1. The fourth-order valence-electron chi connectivity index (χ4n) is 3.72. The first-order chi connectivity index (χ1) is 12.6. The van der Waals surface area contributed by atoms with Gasteiger partial charge in [0.05, 0.1) is 6.61 Å². The Morgan fingerprint density at radius 3 is 2.22 bits per heavy atom. The maximum Gasteiger partial charge on any atom is 0.323 e. The van der Waals surface area contributed by atoms with Crippen LogP contribution >= 0.6 is 0 Å². The molecule has 2 aromatic rings. The predicted octanol–water partition coefficient (Wildman–Crippen LogP) is 4.33. The number of aliphatic hydroxyl groups excluding tert-OH is 1. The van der Waals surface area contributed by atoms with Crippen LogP contribution in [0.2, 0.25) is 0 Å². The van der Waals surface area contributed by atoms with Crippen LogP contribution in [0.15, 0.2) is 24.3 Å². The van der Waals surface area contributed by atoms with E-state index in [1.165, 1.54) is 5.56 Å². The molecular weight excluding hydrogens is 340 g/mol. The van der Waals surface area contributed by atoms with Crippen LogP contribution < -0.4 is 9.47 Å². The van der Waals surface area contributed by atoms with E-state index < -0.39 is 5.92 Å². The smallest absolute Gasteiger partial charge is 0.323 e. The van der Waals surface area contributed by atoms with Gasteiger partial charge in [-0.25, -0.2) is 0 Å². The third-order valence-electron chi connectivity index (χ3n) is 5.07. The van der Waals surface area contributed by atoms with Gasteiger partial charge in [-0.15, -0.1) is 0 Å². The van der Waals surface area contributed by atoms with Gasteiger partial charge in [0.2, 0.25) is 0 Å². The zero-order chi connectivity index (χ0) is 19.9. The molecular formula is C23H28O4. The summed E-state index contributed by atoms with van der Waals surface area (Å²) in [6.07, 6.45) is 0. The Hall–Kier alpha value is -2.33. The summed E-state index contributed by atoms with van der Waals surface area (Å²) in [4.78, 5) is 12.7. The summed E-state index contributed by atoms with van der Waals surface area (Å²) in [5.74, 6) is 0.792. The van der Waals surface area contributed by atoms with Gasteiger partial charge >= 0.3 is 5.97 Å². The Labute approximate surface area is 161 Å². The lowest BCUT2D eigenvalue weighted by atomic mass is 9.82. The Morgan fingerprint density at radius 2 is 1.67 bits per heavy atom. The third kappa shape index (κ3) is 3.59. The number of carbonyl (C=O) groups is 1. The van der Waals surface area contributed by atoms with E-state index in [9.17, 15) is 4.79 Å².